The summed E-state index contributed by atoms with van der Waals surface area (Å²) in [6.45, 7) is 5.20. The molecule has 0 amide bonds. The van der Waals surface area contributed by atoms with E-state index in [1.54, 1.807) is 11.3 Å². The molecular formula is C14H17ClN2S. The van der Waals surface area contributed by atoms with E-state index in [1.807, 2.05) is 23.7 Å². The Hall–Kier alpha value is -0.900. The number of nitrogens with zero attached hydrogens (tertiary/aromatic N) is 1. The Kier molecular flexibility index (Phi) is 4.75. The molecule has 0 bridgehead atoms. The van der Waals surface area contributed by atoms with E-state index < -0.39 is 0 Å². The van der Waals surface area contributed by atoms with Gasteiger partial charge in [-0.15, -0.1) is 11.3 Å². The predicted molar refractivity (Wildman–Crippen MR) is 78.4 cm³/mol. The minimum absolute atomic E-state index is 0.0960. The van der Waals surface area contributed by atoms with Crippen LogP contribution in [0.3, 0.4) is 0 Å². The summed E-state index contributed by atoms with van der Waals surface area (Å²) in [5.41, 5.74) is 2.26. The molecule has 0 fully saturated rings. The predicted octanol–water partition coefficient (Wildman–Crippen LogP) is 4.19. The van der Waals surface area contributed by atoms with Gasteiger partial charge in [-0.2, -0.15) is 0 Å². The highest BCUT2D eigenvalue weighted by Crippen LogP contribution is 2.33. The van der Waals surface area contributed by atoms with Crippen molar-refractivity contribution in [3.05, 3.63) is 50.9 Å². The second-order valence-corrected chi connectivity index (χ2v) is 5.58. The number of hydrogen-bond donors (Lipinski definition) is 1. The molecule has 0 saturated heterocycles. The van der Waals surface area contributed by atoms with E-state index >= 15 is 0 Å². The minimum Gasteiger partial charge on any atom is -0.304 e. The number of aryl methyl sites for hydroxylation is 1. The first-order valence-electron chi connectivity index (χ1n) is 6.11. The molecule has 0 aliphatic rings. The fourth-order valence-corrected chi connectivity index (χ4v) is 3.16. The summed E-state index contributed by atoms with van der Waals surface area (Å²) < 4.78 is 0. The van der Waals surface area contributed by atoms with Gasteiger partial charge in [-0.25, -0.2) is 0 Å². The van der Waals surface area contributed by atoms with Crippen LogP contribution in [0.4, 0.5) is 0 Å². The zero-order chi connectivity index (χ0) is 13.0. The number of hydrogen-bond acceptors (Lipinski definition) is 3. The van der Waals surface area contributed by atoms with E-state index in [2.05, 4.69) is 30.2 Å². The number of pyridine rings is 1. The van der Waals surface area contributed by atoms with Crippen LogP contribution in [0.5, 0.6) is 0 Å². The van der Waals surface area contributed by atoms with Crippen molar-refractivity contribution in [1.82, 2.24) is 10.3 Å². The molecule has 0 aliphatic heterocycles. The van der Waals surface area contributed by atoms with Crippen molar-refractivity contribution >= 4 is 22.9 Å². The molecule has 2 aromatic rings. The van der Waals surface area contributed by atoms with Gasteiger partial charge in [0.25, 0.3) is 0 Å². The summed E-state index contributed by atoms with van der Waals surface area (Å²) in [4.78, 5) is 5.66. The Bertz CT molecular complexity index is 510. The average molecular weight is 281 g/mol. The molecule has 96 valence electrons. The summed E-state index contributed by atoms with van der Waals surface area (Å²) >= 11 is 7.94. The Labute approximate surface area is 117 Å². The Morgan fingerprint density at radius 1 is 1.44 bits per heavy atom. The lowest BCUT2D eigenvalue weighted by atomic mass is 10.1. The summed E-state index contributed by atoms with van der Waals surface area (Å²) in [6.07, 6.45) is 2.93. The zero-order valence-corrected chi connectivity index (χ0v) is 12.2. The molecule has 0 aliphatic carbocycles. The van der Waals surface area contributed by atoms with Crippen LogP contribution in [-0.4, -0.2) is 11.5 Å². The third-order valence-electron chi connectivity index (χ3n) is 2.83. The van der Waals surface area contributed by atoms with Gasteiger partial charge in [0.05, 0.1) is 16.8 Å². The Morgan fingerprint density at radius 3 is 2.89 bits per heavy atom. The molecule has 2 nitrogen and oxygen atoms in total. The molecule has 2 aromatic heterocycles. The standard InChI is InChI=1S/C14H17ClN2S/c1-3-7-16-13(14-11(15)6-9-18-14)12-10(2)5-4-8-17-12/h4-6,8-9,13,16H,3,7H2,1-2H3. The third kappa shape index (κ3) is 2.91. The Morgan fingerprint density at radius 2 is 2.28 bits per heavy atom. The molecule has 1 unspecified atom stereocenters. The number of rotatable bonds is 5. The minimum atomic E-state index is 0.0960. The summed E-state index contributed by atoms with van der Waals surface area (Å²) in [5.74, 6) is 0. The van der Waals surface area contributed by atoms with Gasteiger partial charge < -0.3 is 5.32 Å². The molecular weight excluding hydrogens is 264 g/mol. The van der Waals surface area contributed by atoms with Crippen LogP contribution in [0.25, 0.3) is 0 Å². The summed E-state index contributed by atoms with van der Waals surface area (Å²) in [6, 6.07) is 6.09. The van der Waals surface area contributed by atoms with Gasteiger partial charge in [0.1, 0.15) is 0 Å². The topological polar surface area (TPSA) is 24.9 Å². The van der Waals surface area contributed by atoms with Gasteiger partial charge in [-0.3, -0.25) is 4.98 Å². The fourth-order valence-electron chi connectivity index (χ4n) is 1.91. The highest BCUT2D eigenvalue weighted by Gasteiger charge is 2.20. The molecule has 1 atom stereocenters. The highest BCUT2D eigenvalue weighted by molar-refractivity contribution is 7.10. The average Bonchev–Trinajstić information content (AvgIpc) is 2.78. The largest absolute Gasteiger partial charge is 0.304 e. The van der Waals surface area contributed by atoms with Gasteiger partial charge in [0.15, 0.2) is 0 Å². The first kappa shape index (κ1) is 13.5. The van der Waals surface area contributed by atoms with Gasteiger partial charge in [0, 0.05) is 11.1 Å². The van der Waals surface area contributed by atoms with Crippen molar-refractivity contribution in [3.63, 3.8) is 0 Å². The lowest BCUT2D eigenvalue weighted by Crippen LogP contribution is -2.24. The molecule has 2 heterocycles. The van der Waals surface area contributed by atoms with E-state index in [0.717, 1.165) is 28.6 Å². The van der Waals surface area contributed by atoms with Gasteiger partial charge in [-0.1, -0.05) is 24.6 Å². The van der Waals surface area contributed by atoms with Crippen molar-refractivity contribution in [1.29, 1.82) is 0 Å². The highest BCUT2D eigenvalue weighted by atomic mass is 35.5. The van der Waals surface area contributed by atoms with E-state index in [4.69, 9.17) is 11.6 Å². The SMILES string of the molecule is CCCNC(c1ncccc1C)c1sccc1Cl. The molecule has 0 aromatic carbocycles. The fraction of sp³-hybridized carbons (Fsp3) is 0.357. The maximum atomic E-state index is 6.26. The number of aromatic nitrogens is 1. The van der Waals surface area contributed by atoms with Crippen molar-refractivity contribution < 1.29 is 0 Å². The van der Waals surface area contributed by atoms with Crippen molar-refractivity contribution in [2.75, 3.05) is 6.54 Å². The summed E-state index contributed by atoms with van der Waals surface area (Å²) in [5, 5.41) is 6.38. The van der Waals surface area contributed by atoms with Crippen LogP contribution in [0.15, 0.2) is 29.8 Å². The first-order valence-corrected chi connectivity index (χ1v) is 7.37. The van der Waals surface area contributed by atoms with Crippen molar-refractivity contribution in [3.8, 4) is 0 Å². The summed E-state index contributed by atoms with van der Waals surface area (Å²) in [7, 11) is 0. The molecule has 2 rings (SSSR count). The van der Waals surface area contributed by atoms with Crippen LogP contribution < -0.4 is 5.32 Å². The third-order valence-corrected chi connectivity index (χ3v) is 4.25. The van der Waals surface area contributed by atoms with Crippen molar-refractivity contribution in [2.45, 2.75) is 26.3 Å². The number of thiophene rings is 1. The van der Waals surface area contributed by atoms with Crippen LogP contribution in [0.2, 0.25) is 5.02 Å². The molecule has 0 spiro atoms. The molecule has 18 heavy (non-hydrogen) atoms. The number of nitrogens with one attached hydrogen (secondary N) is 1. The molecule has 4 heteroatoms. The Balaban J connectivity index is 2.37. The monoisotopic (exact) mass is 280 g/mol. The van der Waals surface area contributed by atoms with E-state index in [0.29, 0.717) is 0 Å². The lowest BCUT2D eigenvalue weighted by molar-refractivity contribution is 0.591. The van der Waals surface area contributed by atoms with Gasteiger partial charge >= 0.3 is 0 Å². The molecule has 1 N–H and O–H groups in total. The maximum Gasteiger partial charge on any atom is 0.0862 e. The van der Waals surface area contributed by atoms with Crippen LogP contribution in [0, 0.1) is 6.92 Å². The van der Waals surface area contributed by atoms with E-state index in [1.165, 1.54) is 5.56 Å². The maximum absolute atomic E-state index is 6.26. The van der Waals surface area contributed by atoms with Gasteiger partial charge in [-0.05, 0) is 43.0 Å². The van der Waals surface area contributed by atoms with Crippen LogP contribution >= 0.6 is 22.9 Å². The quantitative estimate of drug-likeness (QED) is 0.888. The zero-order valence-electron chi connectivity index (χ0n) is 10.6. The van der Waals surface area contributed by atoms with E-state index in [-0.39, 0.29) is 6.04 Å². The lowest BCUT2D eigenvalue weighted by Gasteiger charge is -2.19. The molecule has 0 radical (unpaired) electrons. The first-order chi connectivity index (χ1) is 8.74. The normalized spacial score (nSPS) is 12.6. The van der Waals surface area contributed by atoms with Crippen molar-refractivity contribution in [2.24, 2.45) is 0 Å². The van der Waals surface area contributed by atoms with Crippen LogP contribution in [-0.2, 0) is 0 Å². The molecule has 0 saturated carbocycles. The van der Waals surface area contributed by atoms with Crippen LogP contribution in [0.1, 0.15) is 35.5 Å². The van der Waals surface area contributed by atoms with E-state index in [9.17, 15) is 0 Å². The smallest absolute Gasteiger partial charge is 0.0862 e. The second kappa shape index (κ2) is 6.32. The second-order valence-electron chi connectivity index (χ2n) is 4.23. The van der Waals surface area contributed by atoms with Gasteiger partial charge in [0.2, 0.25) is 0 Å². The number of halogens is 1.